The van der Waals surface area contributed by atoms with E-state index in [1.807, 2.05) is 69.8 Å². The second-order valence-electron chi connectivity index (χ2n) is 8.41. The Morgan fingerprint density at radius 1 is 1.17 bits per heavy atom. The summed E-state index contributed by atoms with van der Waals surface area (Å²) in [4.78, 5) is 16.3. The van der Waals surface area contributed by atoms with E-state index in [-0.39, 0.29) is 24.0 Å². The zero-order valence-corrected chi connectivity index (χ0v) is 20.9. The van der Waals surface area contributed by atoms with Gasteiger partial charge in [0.05, 0.1) is 11.2 Å². The van der Waals surface area contributed by atoms with Gasteiger partial charge in [-0.3, -0.25) is 4.99 Å². The number of aliphatic imine (C=N–C) groups is 1. The lowest BCUT2D eigenvalue weighted by Crippen LogP contribution is -2.54. The van der Waals surface area contributed by atoms with Crippen molar-refractivity contribution in [2.45, 2.75) is 52.3 Å². The first-order valence-electron chi connectivity index (χ1n) is 9.63. The molecule has 166 valence electrons. The third-order valence-electron chi connectivity index (χ3n) is 3.90. The van der Waals surface area contributed by atoms with Crippen molar-refractivity contribution in [3.8, 4) is 5.69 Å². The Kier molecular flexibility index (Phi) is 9.60. The molecule has 30 heavy (non-hydrogen) atoms. The molecule has 0 saturated carbocycles. The molecular formula is C21H33IN6O2. The van der Waals surface area contributed by atoms with Crippen LogP contribution in [0.3, 0.4) is 0 Å². The first kappa shape index (κ1) is 25.7. The number of hydrogen-bond acceptors (Lipinski definition) is 4. The molecule has 2 aromatic rings. The van der Waals surface area contributed by atoms with Crippen molar-refractivity contribution in [1.82, 2.24) is 25.7 Å². The van der Waals surface area contributed by atoms with Crippen molar-refractivity contribution in [3.05, 3.63) is 48.3 Å². The lowest BCUT2D eigenvalue weighted by Gasteiger charge is -2.29. The molecule has 0 radical (unpaired) electrons. The van der Waals surface area contributed by atoms with Crippen LogP contribution in [0.2, 0.25) is 0 Å². The van der Waals surface area contributed by atoms with Crippen molar-refractivity contribution in [1.29, 1.82) is 0 Å². The molecule has 0 aliphatic carbocycles. The highest BCUT2D eigenvalue weighted by Gasteiger charge is 2.24. The largest absolute Gasteiger partial charge is 0.444 e. The third-order valence-corrected chi connectivity index (χ3v) is 3.90. The van der Waals surface area contributed by atoms with E-state index >= 15 is 0 Å². The summed E-state index contributed by atoms with van der Waals surface area (Å²) in [6.07, 6.45) is 3.22. The van der Waals surface area contributed by atoms with Gasteiger partial charge in [-0.2, -0.15) is 5.10 Å². The van der Waals surface area contributed by atoms with Gasteiger partial charge in [0.1, 0.15) is 5.60 Å². The van der Waals surface area contributed by atoms with Gasteiger partial charge in [-0.25, -0.2) is 9.48 Å². The van der Waals surface area contributed by atoms with Gasteiger partial charge in [0.15, 0.2) is 5.96 Å². The number of carbonyl (C=O) groups is 1. The van der Waals surface area contributed by atoms with Crippen LogP contribution in [0.5, 0.6) is 0 Å². The van der Waals surface area contributed by atoms with Gasteiger partial charge >= 0.3 is 6.09 Å². The maximum atomic E-state index is 12.0. The standard InChI is InChI=1S/C21H32N6O2.HI/c1-20(2,3)29-19(28)26-21(4,5)15-24-18(22-6)23-14-16-9-7-10-17(13-16)27-12-8-11-25-27;/h7-13H,14-15H2,1-6H3,(H,26,28)(H2,22,23,24);1H. The molecule has 1 amide bonds. The molecule has 0 atom stereocenters. The highest BCUT2D eigenvalue weighted by Crippen LogP contribution is 2.10. The Morgan fingerprint density at radius 2 is 1.90 bits per heavy atom. The van der Waals surface area contributed by atoms with Crippen LogP contribution < -0.4 is 16.0 Å². The van der Waals surface area contributed by atoms with E-state index in [1.54, 1.807) is 13.2 Å². The van der Waals surface area contributed by atoms with Gasteiger partial charge in [0.2, 0.25) is 0 Å². The van der Waals surface area contributed by atoms with Crippen LogP contribution in [0, 0.1) is 0 Å². The number of alkyl carbamates (subject to hydrolysis) is 1. The first-order valence-corrected chi connectivity index (χ1v) is 9.63. The second kappa shape index (κ2) is 11.2. The minimum absolute atomic E-state index is 0. The maximum Gasteiger partial charge on any atom is 0.408 e. The predicted octanol–water partition coefficient (Wildman–Crippen LogP) is 3.46. The number of carbonyl (C=O) groups excluding carboxylic acids is 1. The summed E-state index contributed by atoms with van der Waals surface area (Å²) in [7, 11) is 1.71. The molecule has 1 aromatic heterocycles. The molecule has 0 aliphatic heterocycles. The summed E-state index contributed by atoms with van der Waals surface area (Å²) in [5, 5.41) is 13.7. The molecular weight excluding hydrogens is 495 g/mol. The highest BCUT2D eigenvalue weighted by atomic mass is 127. The summed E-state index contributed by atoms with van der Waals surface area (Å²) >= 11 is 0. The van der Waals surface area contributed by atoms with Crippen molar-refractivity contribution in [3.63, 3.8) is 0 Å². The van der Waals surface area contributed by atoms with Crippen molar-refractivity contribution >= 4 is 36.0 Å². The molecule has 0 bridgehead atoms. The summed E-state index contributed by atoms with van der Waals surface area (Å²) in [5.74, 6) is 0.647. The molecule has 9 heteroatoms. The number of hydrogen-bond donors (Lipinski definition) is 3. The van der Waals surface area contributed by atoms with Gasteiger partial charge in [-0.1, -0.05) is 12.1 Å². The minimum atomic E-state index is -0.532. The van der Waals surface area contributed by atoms with Gasteiger partial charge in [0.25, 0.3) is 0 Å². The smallest absolute Gasteiger partial charge is 0.408 e. The molecule has 2 rings (SSSR count). The molecule has 0 fully saturated rings. The number of halogens is 1. The first-order chi connectivity index (χ1) is 13.6. The van der Waals surface area contributed by atoms with E-state index in [9.17, 15) is 4.79 Å². The fourth-order valence-corrected chi connectivity index (χ4v) is 2.57. The Hall–Kier alpha value is -2.30. The van der Waals surface area contributed by atoms with E-state index in [4.69, 9.17) is 4.74 Å². The summed E-state index contributed by atoms with van der Waals surface area (Å²) in [5.41, 5.74) is 1.06. The summed E-state index contributed by atoms with van der Waals surface area (Å²) in [6, 6.07) is 10.0. The number of rotatable bonds is 6. The molecule has 3 N–H and O–H groups in total. The molecule has 1 aromatic carbocycles. The van der Waals surface area contributed by atoms with Gasteiger partial charge in [0, 0.05) is 32.5 Å². The van der Waals surface area contributed by atoms with Crippen LogP contribution in [0.15, 0.2) is 47.7 Å². The zero-order valence-electron chi connectivity index (χ0n) is 18.5. The lowest BCUT2D eigenvalue weighted by molar-refractivity contribution is 0.0474. The molecule has 8 nitrogen and oxygen atoms in total. The monoisotopic (exact) mass is 528 g/mol. The summed E-state index contributed by atoms with van der Waals surface area (Å²) < 4.78 is 7.14. The SMILES string of the molecule is CN=C(NCc1cccc(-n2cccn2)c1)NCC(C)(C)NC(=O)OC(C)(C)C.I. The van der Waals surface area contributed by atoms with E-state index in [0.717, 1.165) is 11.3 Å². The number of nitrogens with one attached hydrogen (secondary N) is 3. The van der Waals surface area contributed by atoms with Gasteiger partial charge < -0.3 is 20.7 Å². The number of ether oxygens (including phenoxy) is 1. The normalized spacial score (nSPS) is 12.0. The maximum absolute atomic E-state index is 12.0. The zero-order chi connectivity index (χ0) is 21.5. The topological polar surface area (TPSA) is 92.6 Å². The molecule has 0 saturated heterocycles. The van der Waals surface area contributed by atoms with Crippen LogP contribution in [0.1, 0.15) is 40.2 Å². The third kappa shape index (κ3) is 9.02. The van der Waals surface area contributed by atoms with Crippen LogP contribution in [0.4, 0.5) is 4.79 Å². The van der Waals surface area contributed by atoms with Crippen molar-refractivity contribution in [2.75, 3.05) is 13.6 Å². The number of guanidine groups is 1. The lowest BCUT2D eigenvalue weighted by atomic mass is 10.1. The van der Waals surface area contributed by atoms with Gasteiger partial charge in [-0.05, 0) is 58.4 Å². The molecule has 0 spiro atoms. The van der Waals surface area contributed by atoms with Crippen LogP contribution in [-0.2, 0) is 11.3 Å². The fourth-order valence-electron chi connectivity index (χ4n) is 2.57. The Bertz CT molecular complexity index is 828. The number of amides is 1. The number of aromatic nitrogens is 2. The van der Waals surface area contributed by atoms with Crippen LogP contribution in [0.25, 0.3) is 5.69 Å². The Labute approximate surface area is 195 Å². The highest BCUT2D eigenvalue weighted by molar-refractivity contribution is 14.0. The van der Waals surface area contributed by atoms with E-state index in [0.29, 0.717) is 19.0 Å². The molecule has 1 heterocycles. The predicted molar refractivity (Wildman–Crippen MR) is 131 cm³/mol. The van der Waals surface area contributed by atoms with Crippen molar-refractivity contribution in [2.24, 2.45) is 4.99 Å². The molecule has 0 aliphatic rings. The minimum Gasteiger partial charge on any atom is -0.444 e. The number of nitrogens with zero attached hydrogens (tertiary/aromatic N) is 3. The molecule has 0 unspecified atom stereocenters. The van der Waals surface area contributed by atoms with E-state index in [2.05, 4.69) is 32.1 Å². The Balaban J connectivity index is 0.00000450. The van der Waals surface area contributed by atoms with Crippen LogP contribution in [-0.4, -0.2) is 46.6 Å². The number of benzene rings is 1. The van der Waals surface area contributed by atoms with E-state index in [1.165, 1.54) is 0 Å². The average Bonchev–Trinajstić information content (AvgIpc) is 3.14. The fraction of sp³-hybridized carbons (Fsp3) is 0.476. The second-order valence-corrected chi connectivity index (χ2v) is 8.41. The average molecular weight is 528 g/mol. The van der Waals surface area contributed by atoms with Crippen LogP contribution >= 0.6 is 24.0 Å². The van der Waals surface area contributed by atoms with Crippen molar-refractivity contribution < 1.29 is 9.53 Å². The quantitative estimate of drug-likeness (QED) is 0.304. The van der Waals surface area contributed by atoms with E-state index < -0.39 is 17.2 Å². The summed E-state index contributed by atoms with van der Waals surface area (Å²) in [6.45, 7) is 10.4. The van der Waals surface area contributed by atoms with Gasteiger partial charge in [-0.15, -0.1) is 24.0 Å². The Morgan fingerprint density at radius 3 is 2.50 bits per heavy atom.